The highest BCUT2D eigenvalue weighted by Gasteiger charge is 2.09. The molecule has 0 saturated heterocycles. The SMILES string of the molecule is O=C(O)c1ccc(-c2ccc(F)cc2)cc1Cl. The number of rotatable bonds is 2. The third-order valence-corrected chi connectivity index (χ3v) is 2.69. The Morgan fingerprint density at radius 2 is 1.65 bits per heavy atom. The molecule has 2 rings (SSSR count). The second kappa shape index (κ2) is 4.55. The molecule has 0 fully saturated rings. The van der Waals surface area contributed by atoms with Gasteiger partial charge in [-0.3, -0.25) is 0 Å². The summed E-state index contributed by atoms with van der Waals surface area (Å²) < 4.78 is 12.7. The zero-order valence-corrected chi connectivity index (χ0v) is 9.41. The molecule has 0 bridgehead atoms. The van der Waals surface area contributed by atoms with E-state index >= 15 is 0 Å². The van der Waals surface area contributed by atoms with E-state index in [2.05, 4.69) is 0 Å². The number of aromatic carboxylic acids is 1. The molecule has 86 valence electrons. The van der Waals surface area contributed by atoms with Gasteiger partial charge >= 0.3 is 5.97 Å². The summed E-state index contributed by atoms with van der Waals surface area (Å²) in [4.78, 5) is 10.8. The van der Waals surface area contributed by atoms with Gasteiger partial charge in [0.1, 0.15) is 5.82 Å². The Bertz CT molecular complexity index is 564. The van der Waals surface area contributed by atoms with Gasteiger partial charge in [0.2, 0.25) is 0 Å². The smallest absolute Gasteiger partial charge is 0.337 e. The number of hydrogen-bond acceptors (Lipinski definition) is 1. The normalized spacial score (nSPS) is 10.2. The molecule has 0 aliphatic carbocycles. The molecule has 1 N–H and O–H groups in total. The van der Waals surface area contributed by atoms with Crippen molar-refractivity contribution in [3.05, 3.63) is 58.9 Å². The van der Waals surface area contributed by atoms with Crippen molar-refractivity contribution in [1.29, 1.82) is 0 Å². The quantitative estimate of drug-likeness (QED) is 0.879. The summed E-state index contributed by atoms with van der Waals surface area (Å²) in [7, 11) is 0. The summed E-state index contributed by atoms with van der Waals surface area (Å²) in [6.45, 7) is 0. The molecule has 0 aromatic heterocycles. The largest absolute Gasteiger partial charge is 0.478 e. The van der Waals surface area contributed by atoms with Crippen molar-refractivity contribution in [3.63, 3.8) is 0 Å². The van der Waals surface area contributed by atoms with Crippen molar-refractivity contribution in [2.75, 3.05) is 0 Å². The van der Waals surface area contributed by atoms with Crippen molar-refractivity contribution >= 4 is 17.6 Å². The summed E-state index contributed by atoms with van der Waals surface area (Å²) in [6, 6.07) is 10.5. The zero-order valence-electron chi connectivity index (χ0n) is 8.65. The lowest BCUT2D eigenvalue weighted by Gasteiger charge is -2.04. The van der Waals surface area contributed by atoms with E-state index in [9.17, 15) is 9.18 Å². The first-order chi connectivity index (χ1) is 8.08. The standard InChI is InChI=1S/C13H8ClFO2/c14-12-7-9(3-6-11(12)13(16)17)8-1-4-10(15)5-2-8/h1-7H,(H,16,17). The number of halogens is 2. The van der Waals surface area contributed by atoms with Gasteiger partial charge in [0.25, 0.3) is 0 Å². The molecular formula is C13H8ClFO2. The van der Waals surface area contributed by atoms with Crippen LogP contribution in [0, 0.1) is 5.82 Å². The molecule has 0 heterocycles. The molecule has 17 heavy (non-hydrogen) atoms. The molecule has 0 aliphatic rings. The maximum absolute atomic E-state index is 12.7. The van der Waals surface area contributed by atoms with E-state index in [1.54, 1.807) is 24.3 Å². The Morgan fingerprint density at radius 1 is 1.06 bits per heavy atom. The van der Waals surface area contributed by atoms with E-state index in [4.69, 9.17) is 16.7 Å². The van der Waals surface area contributed by atoms with Gasteiger partial charge in [-0.05, 0) is 35.4 Å². The number of hydrogen-bond donors (Lipinski definition) is 1. The molecular weight excluding hydrogens is 243 g/mol. The van der Waals surface area contributed by atoms with Gasteiger partial charge in [-0.2, -0.15) is 0 Å². The van der Waals surface area contributed by atoms with Gasteiger partial charge < -0.3 is 5.11 Å². The van der Waals surface area contributed by atoms with Crippen LogP contribution in [0.4, 0.5) is 4.39 Å². The van der Waals surface area contributed by atoms with Crippen LogP contribution in [0.5, 0.6) is 0 Å². The summed E-state index contributed by atoms with van der Waals surface area (Å²) in [5, 5.41) is 9.00. The average molecular weight is 251 g/mol. The molecule has 2 aromatic rings. The molecule has 2 nitrogen and oxygen atoms in total. The molecule has 0 amide bonds. The van der Waals surface area contributed by atoms with Crippen LogP contribution in [0.15, 0.2) is 42.5 Å². The maximum Gasteiger partial charge on any atom is 0.337 e. The van der Waals surface area contributed by atoms with Crippen LogP contribution in [0.1, 0.15) is 10.4 Å². The van der Waals surface area contributed by atoms with Crippen LogP contribution in [0.25, 0.3) is 11.1 Å². The Hall–Kier alpha value is -1.87. The van der Waals surface area contributed by atoms with E-state index in [1.807, 2.05) is 0 Å². The first kappa shape index (κ1) is 11.6. The van der Waals surface area contributed by atoms with Crippen LogP contribution in [-0.2, 0) is 0 Å². The summed E-state index contributed by atoms with van der Waals surface area (Å²) in [6.07, 6.45) is 0. The van der Waals surface area contributed by atoms with Crippen molar-refractivity contribution in [1.82, 2.24) is 0 Å². The molecule has 2 aromatic carbocycles. The first-order valence-electron chi connectivity index (χ1n) is 4.87. The first-order valence-corrected chi connectivity index (χ1v) is 5.24. The summed E-state index contributed by atoms with van der Waals surface area (Å²) >= 11 is 5.85. The van der Waals surface area contributed by atoms with E-state index in [-0.39, 0.29) is 16.4 Å². The average Bonchev–Trinajstić information content (AvgIpc) is 2.29. The van der Waals surface area contributed by atoms with Gasteiger partial charge in [0, 0.05) is 0 Å². The Labute approximate surface area is 102 Å². The third-order valence-electron chi connectivity index (χ3n) is 2.38. The van der Waals surface area contributed by atoms with Gasteiger partial charge in [-0.15, -0.1) is 0 Å². The molecule has 4 heteroatoms. The van der Waals surface area contributed by atoms with Crippen LogP contribution in [0.2, 0.25) is 5.02 Å². The van der Waals surface area contributed by atoms with Crippen molar-refractivity contribution in [3.8, 4) is 11.1 Å². The fourth-order valence-corrected chi connectivity index (χ4v) is 1.77. The number of benzene rings is 2. The summed E-state index contributed by atoms with van der Waals surface area (Å²) in [5.74, 6) is -1.39. The Balaban J connectivity index is 2.44. The number of carboxylic acids is 1. The molecule has 0 spiro atoms. The molecule has 0 radical (unpaired) electrons. The minimum Gasteiger partial charge on any atom is -0.478 e. The highest BCUT2D eigenvalue weighted by atomic mass is 35.5. The lowest BCUT2D eigenvalue weighted by atomic mass is 10.0. The number of carboxylic acid groups (broad SMARTS) is 1. The molecule has 0 unspecified atom stereocenters. The van der Waals surface area contributed by atoms with Crippen LogP contribution in [-0.4, -0.2) is 11.1 Å². The second-order valence-electron chi connectivity index (χ2n) is 3.51. The van der Waals surface area contributed by atoms with Gasteiger partial charge in [0.15, 0.2) is 0 Å². The molecule has 0 saturated carbocycles. The monoisotopic (exact) mass is 250 g/mol. The molecule has 0 atom stereocenters. The van der Waals surface area contributed by atoms with Crippen LogP contribution >= 0.6 is 11.6 Å². The zero-order chi connectivity index (χ0) is 12.4. The maximum atomic E-state index is 12.7. The number of carbonyl (C=O) groups is 1. The topological polar surface area (TPSA) is 37.3 Å². The minimum atomic E-state index is -1.07. The molecule has 0 aliphatic heterocycles. The van der Waals surface area contributed by atoms with Crippen molar-refractivity contribution < 1.29 is 14.3 Å². The predicted octanol–water partition coefficient (Wildman–Crippen LogP) is 3.84. The van der Waals surface area contributed by atoms with Gasteiger partial charge in [0.05, 0.1) is 10.6 Å². The third kappa shape index (κ3) is 2.45. The van der Waals surface area contributed by atoms with Crippen LogP contribution in [0.3, 0.4) is 0 Å². The van der Waals surface area contributed by atoms with Crippen molar-refractivity contribution in [2.45, 2.75) is 0 Å². The Morgan fingerprint density at radius 3 is 2.18 bits per heavy atom. The van der Waals surface area contributed by atoms with E-state index < -0.39 is 5.97 Å². The van der Waals surface area contributed by atoms with E-state index in [1.165, 1.54) is 18.2 Å². The lowest BCUT2D eigenvalue weighted by Crippen LogP contribution is -1.97. The van der Waals surface area contributed by atoms with E-state index in [0.29, 0.717) is 0 Å². The lowest BCUT2D eigenvalue weighted by molar-refractivity contribution is 0.0697. The predicted molar refractivity (Wildman–Crippen MR) is 63.8 cm³/mol. The van der Waals surface area contributed by atoms with Gasteiger partial charge in [-0.25, -0.2) is 9.18 Å². The van der Waals surface area contributed by atoms with Gasteiger partial charge in [-0.1, -0.05) is 29.8 Å². The fraction of sp³-hybridized carbons (Fsp3) is 0. The minimum absolute atomic E-state index is 0.0533. The van der Waals surface area contributed by atoms with E-state index in [0.717, 1.165) is 11.1 Å². The second-order valence-corrected chi connectivity index (χ2v) is 3.91. The van der Waals surface area contributed by atoms with Crippen LogP contribution < -0.4 is 0 Å². The Kier molecular flexibility index (Phi) is 3.11. The summed E-state index contributed by atoms with van der Waals surface area (Å²) in [5.41, 5.74) is 1.59. The fourth-order valence-electron chi connectivity index (χ4n) is 1.51. The van der Waals surface area contributed by atoms with Crippen molar-refractivity contribution in [2.24, 2.45) is 0 Å². The highest BCUT2D eigenvalue weighted by Crippen LogP contribution is 2.25. The highest BCUT2D eigenvalue weighted by molar-refractivity contribution is 6.33.